The highest BCUT2D eigenvalue weighted by atomic mass is 14.4. The average molecular weight is 393 g/mol. The van der Waals surface area contributed by atoms with Crippen LogP contribution in [0.15, 0.2) is 59.7 Å². The second-order valence-electron chi connectivity index (χ2n) is 9.21. The zero-order valence-electron chi connectivity index (χ0n) is 20.6. The van der Waals surface area contributed by atoms with E-state index in [1.54, 1.807) is 0 Å². The minimum absolute atomic E-state index is 0.0902. The topological polar surface area (TPSA) is 0 Å². The second kappa shape index (κ2) is 10.8. The summed E-state index contributed by atoms with van der Waals surface area (Å²) in [7, 11) is 0. The summed E-state index contributed by atoms with van der Waals surface area (Å²) < 4.78 is 0. The number of allylic oxidation sites excluding steroid dienone is 6. The molecular weight excluding hydrogens is 348 g/mol. The zero-order chi connectivity index (χ0) is 22.4. The van der Waals surface area contributed by atoms with Gasteiger partial charge in [0.2, 0.25) is 0 Å². The van der Waals surface area contributed by atoms with Gasteiger partial charge in [0, 0.05) is 5.41 Å². The number of hydrogen-bond donors (Lipinski definition) is 0. The van der Waals surface area contributed by atoms with Gasteiger partial charge in [-0.05, 0) is 86.8 Å². The van der Waals surface area contributed by atoms with Crippen molar-refractivity contribution >= 4 is 5.57 Å². The lowest BCUT2D eigenvalue weighted by atomic mass is 9.67. The molecule has 0 spiro atoms. The second-order valence-corrected chi connectivity index (χ2v) is 9.21. The first kappa shape index (κ1) is 25.2. The molecule has 0 aliphatic heterocycles. The van der Waals surface area contributed by atoms with Gasteiger partial charge < -0.3 is 0 Å². The summed E-state index contributed by atoms with van der Waals surface area (Å²) in [5, 5.41) is 0. The Labute approximate surface area is 181 Å². The van der Waals surface area contributed by atoms with Crippen molar-refractivity contribution in [3.05, 3.63) is 76.4 Å². The Kier molecular flexibility index (Phi) is 9.40. The fourth-order valence-corrected chi connectivity index (χ4v) is 4.50. The van der Waals surface area contributed by atoms with E-state index in [0.29, 0.717) is 5.92 Å². The van der Waals surface area contributed by atoms with Crippen LogP contribution in [0, 0.1) is 12.8 Å². The molecule has 0 atom stereocenters. The third-order valence-corrected chi connectivity index (χ3v) is 6.72. The quantitative estimate of drug-likeness (QED) is 0.275. The molecule has 0 N–H and O–H groups in total. The third kappa shape index (κ3) is 5.84. The van der Waals surface area contributed by atoms with Gasteiger partial charge in [0.15, 0.2) is 0 Å². The average Bonchev–Trinajstić information content (AvgIpc) is 2.65. The first-order valence-corrected chi connectivity index (χ1v) is 11.3. The van der Waals surface area contributed by atoms with E-state index < -0.39 is 0 Å². The van der Waals surface area contributed by atoms with Gasteiger partial charge in [-0.15, -0.1) is 0 Å². The van der Waals surface area contributed by atoms with Crippen LogP contribution in [0.2, 0.25) is 0 Å². The van der Waals surface area contributed by atoms with Crippen molar-refractivity contribution in [3.63, 3.8) is 0 Å². The number of hydrogen-bond acceptors (Lipinski definition) is 0. The van der Waals surface area contributed by atoms with Gasteiger partial charge in [-0.1, -0.05) is 89.1 Å². The minimum Gasteiger partial charge on any atom is -0.0992 e. The summed E-state index contributed by atoms with van der Waals surface area (Å²) in [5.41, 5.74) is 10.6. The molecular formula is C29H44. The molecule has 0 aliphatic carbocycles. The Morgan fingerprint density at radius 3 is 1.97 bits per heavy atom. The van der Waals surface area contributed by atoms with Crippen LogP contribution >= 0.6 is 0 Å². The Balaban J connectivity index is 3.35. The Hall–Kier alpha value is -1.82. The molecule has 160 valence electrons. The molecule has 0 aliphatic rings. The molecule has 0 unspecified atom stereocenters. The molecule has 0 heteroatoms. The van der Waals surface area contributed by atoms with Gasteiger partial charge in [0.25, 0.3) is 0 Å². The maximum Gasteiger partial charge on any atom is 0.0158 e. The van der Waals surface area contributed by atoms with E-state index in [1.807, 2.05) is 0 Å². The molecule has 1 aromatic carbocycles. The standard InChI is InChI=1S/C29H44/c1-12-16-29(17-13-2,21(5)6)28-15-14-27(19-24(28)9)23(8)18-22(7)26(11)25(10)20(3)4/h14-15,18-20H,5,8,12-13,16-17H2,1-4,6-7,9-11H3/b22-18-,26-25+. The molecule has 1 rings (SSSR count). The van der Waals surface area contributed by atoms with Gasteiger partial charge in [0.05, 0.1) is 0 Å². The van der Waals surface area contributed by atoms with Crippen LogP contribution in [0.25, 0.3) is 5.57 Å². The van der Waals surface area contributed by atoms with Crippen molar-refractivity contribution < 1.29 is 0 Å². The maximum absolute atomic E-state index is 4.40. The van der Waals surface area contributed by atoms with Crippen molar-refractivity contribution in [1.29, 1.82) is 0 Å². The van der Waals surface area contributed by atoms with Crippen molar-refractivity contribution in [1.82, 2.24) is 0 Å². The molecule has 0 fully saturated rings. The molecule has 0 saturated carbocycles. The van der Waals surface area contributed by atoms with Gasteiger partial charge in [-0.2, -0.15) is 0 Å². The summed E-state index contributed by atoms with van der Waals surface area (Å²) in [6.07, 6.45) is 6.90. The van der Waals surface area contributed by atoms with Crippen LogP contribution in [0.4, 0.5) is 0 Å². The Morgan fingerprint density at radius 1 is 1.00 bits per heavy atom. The molecule has 0 heterocycles. The van der Waals surface area contributed by atoms with Crippen molar-refractivity contribution in [2.45, 2.75) is 93.4 Å². The van der Waals surface area contributed by atoms with Crippen molar-refractivity contribution in [2.24, 2.45) is 5.92 Å². The highest BCUT2D eigenvalue weighted by Gasteiger charge is 2.32. The van der Waals surface area contributed by atoms with E-state index in [2.05, 4.69) is 99.7 Å². The van der Waals surface area contributed by atoms with Crippen LogP contribution in [-0.2, 0) is 5.41 Å². The number of rotatable bonds is 10. The van der Waals surface area contributed by atoms with Gasteiger partial charge in [0.1, 0.15) is 0 Å². The summed E-state index contributed by atoms with van der Waals surface area (Å²) in [6, 6.07) is 6.91. The van der Waals surface area contributed by atoms with Crippen LogP contribution in [0.3, 0.4) is 0 Å². The lowest BCUT2D eigenvalue weighted by molar-refractivity contribution is 0.416. The number of benzene rings is 1. The van der Waals surface area contributed by atoms with Crippen molar-refractivity contribution in [3.8, 4) is 0 Å². The van der Waals surface area contributed by atoms with Gasteiger partial charge >= 0.3 is 0 Å². The predicted octanol–water partition coefficient (Wildman–Crippen LogP) is 9.36. The summed E-state index contributed by atoms with van der Waals surface area (Å²) in [6.45, 7) is 28.9. The molecule has 0 nitrogen and oxygen atoms in total. The predicted molar refractivity (Wildman–Crippen MR) is 133 cm³/mol. The van der Waals surface area contributed by atoms with Crippen LogP contribution in [-0.4, -0.2) is 0 Å². The van der Waals surface area contributed by atoms with E-state index in [0.717, 1.165) is 18.4 Å². The zero-order valence-corrected chi connectivity index (χ0v) is 20.6. The van der Waals surface area contributed by atoms with E-state index in [-0.39, 0.29) is 5.41 Å². The first-order valence-electron chi connectivity index (χ1n) is 11.3. The van der Waals surface area contributed by atoms with Crippen LogP contribution in [0.1, 0.15) is 97.8 Å². The SMILES string of the molecule is C=C(/C=C(C)\C(C)=C(/C)C(C)C)c1ccc(C(CCC)(CCC)C(=C)C)c(C)c1. The molecule has 0 saturated heterocycles. The Morgan fingerprint density at radius 2 is 1.55 bits per heavy atom. The monoisotopic (exact) mass is 392 g/mol. The highest BCUT2D eigenvalue weighted by Crippen LogP contribution is 2.42. The summed E-state index contributed by atoms with van der Waals surface area (Å²) in [4.78, 5) is 0. The van der Waals surface area contributed by atoms with Crippen LogP contribution in [0.5, 0.6) is 0 Å². The molecule has 29 heavy (non-hydrogen) atoms. The van der Waals surface area contributed by atoms with E-state index in [4.69, 9.17) is 0 Å². The molecule has 0 amide bonds. The normalized spacial score (nSPS) is 13.5. The summed E-state index contributed by atoms with van der Waals surface area (Å²) >= 11 is 0. The molecule has 0 radical (unpaired) electrons. The largest absolute Gasteiger partial charge is 0.0992 e. The highest BCUT2D eigenvalue weighted by molar-refractivity contribution is 5.74. The fraction of sp³-hybridized carbons (Fsp3) is 0.517. The molecule has 0 aromatic heterocycles. The fourth-order valence-electron chi connectivity index (χ4n) is 4.50. The molecule has 0 bridgehead atoms. The first-order chi connectivity index (χ1) is 13.5. The Bertz CT molecular complexity index is 789. The number of aryl methyl sites for hydroxylation is 1. The van der Waals surface area contributed by atoms with E-state index in [1.165, 1.54) is 51.8 Å². The van der Waals surface area contributed by atoms with E-state index >= 15 is 0 Å². The summed E-state index contributed by atoms with van der Waals surface area (Å²) in [5.74, 6) is 0.570. The van der Waals surface area contributed by atoms with Crippen molar-refractivity contribution in [2.75, 3.05) is 0 Å². The van der Waals surface area contributed by atoms with E-state index in [9.17, 15) is 0 Å². The smallest absolute Gasteiger partial charge is 0.0158 e. The minimum atomic E-state index is 0.0902. The van der Waals surface area contributed by atoms with Crippen LogP contribution < -0.4 is 0 Å². The lowest BCUT2D eigenvalue weighted by Crippen LogP contribution is -2.28. The maximum atomic E-state index is 4.40. The molecule has 1 aromatic rings. The van der Waals surface area contributed by atoms with Gasteiger partial charge in [-0.25, -0.2) is 0 Å². The van der Waals surface area contributed by atoms with Gasteiger partial charge in [-0.3, -0.25) is 0 Å². The lowest BCUT2D eigenvalue weighted by Gasteiger charge is -2.36. The third-order valence-electron chi connectivity index (χ3n) is 6.72.